The fourth-order valence-corrected chi connectivity index (χ4v) is 5.94. The SMILES string of the molecule is O=C1CCN(N2Cc3cc(CN4CCC(c5ncnc6sccc56)CC4)ccc3C2=O)C(=O)N1. The number of fused-ring (bicyclic) bond motifs is 2. The number of piperidine rings is 1. The van der Waals surface area contributed by atoms with Crippen LogP contribution in [0.1, 0.15) is 52.4 Å². The number of hydrogen-bond acceptors (Lipinski definition) is 7. The van der Waals surface area contributed by atoms with Crippen LogP contribution >= 0.6 is 11.3 Å². The molecule has 2 aromatic heterocycles. The van der Waals surface area contributed by atoms with E-state index >= 15 is 0 Å². The van der Waals surface area contributed by atoms with Crippen molar-refractivity contribution in [3.05, 3.63) is 58.4 Å². The number of nitrogens with zero attached hydrogens (tertiary/aromatic N) is 5. The summed E-state index contributed by atoms with van der Waals surface area (Å²) in [7, 11) is 0. The van der Waals surface area contributed by atoms with Crippen LogP contribution in [0.3, 0.4) is 0 Å². The summed E-state index contributed by atoms with van der Waals surface area (Å²) in [5.41, 5.74) is 3.87. The average Bonchev–Trinajstić information content (AvgIpc) is 3.44. The molecule has 3 aliphatic rings. The minimum absolute atomic E-state index is 0.194. The first-order valence-electron chi connectivity index (χ1n) is 11.5. The molecule has 3 aliphatic heterocycles. The van der Waals surface area contributed by atoms with Crippen LogP contribution in [-0.2, 0) is 17.9 Å². The van der Waals surface area contributed by atoms with Gasteiger partial charge in [-0.15, -0.1) is 11.3 Å². The van der Waals surface area contributed by atoms with Crippen molar-refractivity contribution in [3.8, 4) is 0 Å². The molecule has 2 saturated heterocycles. The summed E-state index contributed by atoms with van der Waals surface area (Å²) >= 11 is 1.66. The number of carbonyl (C=O) groups excluding carboxylic acids is 3. The van der Waals surface area contributed by atoms with Crippen molar-refractivity contribution in [3.63, 3.8) is 0 Å². The van der Waals surface area contributed by atoms with Crippen LogP contribution in [0.2, 0.25) is 0 Å². The molecule has 0 spiro atoms. The van der Waals surface area contributed by atoms with Gasteiger partial charge in [0.15, 0.2) is 0 Å². The first-order valence-corrected chi connectivity index (χ1v) is 12.4. The van der Waals surface area contributed by atoms with Gasteiger partial charge in [0, 0.05) is 29.8 Å². The second-order valence-electron chi connectivity index (χ2n) is 9.03. The molecule has 5 heterocycles. The second-order valence-corrected chi connectivity index (χ2v) is 9.92. The largest absolute Gasteiger partial charge is 0.342 e. The molecule has 174 valence electrons. The van der Waals surface area contributed by atoms with Crippen LogP contribution in [0.25, 0.3) is 10.2 Å². The molecule has 6 rings (SSSR count). The molecule has 34 heavy (non-hydrogen) atoms. The Balaban J connectivity index is 1.10. The third-order valence-electron chi connectivity index (χ3n) is 6.95. The third-order valence-corrected chi connectivity index (χ3v) is 7.77. The minimum atomic E-state index is -0.538. The van der Waals surface area contributed by atoms with Gasteiger partial charge in [-0.2, -0.15) is 0 Å². The molecular formula is C24H24N6O3S. The number of rotatable bonds is 4. The highest BCUT2D eigenvalue weighted by molar-refractivity contribution is 7.16. The van der Waals surface area contributed by atoms with Gasteiger partial charge in [-0.05, 0) is 54.6 Å². The summed E-state index contributed by atoms with van der Waals surface area (Å²) in [6.07, 6.45) is 3.99. The monoisotopic (exact) mass is 476 g/mol. The lowest BCUT2D eigenvalue weighted by atomic mass is 9.91. The smallest absolute Gasteiger partial charge is 0.299 e. The Labute approximate surface area is 200 Å². The Morgan fingerprint density at radius 1 is 1.03 bits per heavy atom. The lowest BCUT2D eigenvalue weighted by Gasteiger charge is -2.33. The van der Waals surface area contributed by atoms with Crippen LogP contribution in [0.4, 0.5) is 4.79 Å². The zero-order valence-electron chi connectivity index (χ0n) is 18.6. The lowest BCUT2D eigenvalue weighted by molar-refractivity contribution is -0.123. The number of likely N-dealkylation sites (tertiary alicyclic amines) is 1. The number of amides is 4. The number of benzene rings is 1. The Kier molecular flexibility index (Phi) is 5.26. The molecule has 0 radical (unpaired) electrons. The van der Waals surface area contributed by atoms with E-state index in [0.29, 0.717) is 18.0 Å². The molecule has 0 bridgehead atoms. The molecule has 0 aliphatic carbocycles. The molecule has 10 heteroatoms. The molecule has 2 fully saturated rings. The van der Waals surface area contributed by atoms with Crippen LogP contribution in [0.5, 0.6) is 0 Å². The summed E-state index contributed by atoms with van der Waals surface area (Å²) < 4.78 is 0. The van der Waals surface area contributed by atoms with E-state index in [4.69, 9.17) is 0 Å². The topological polar surface area (TPSA) is 98.7 Å². The number of urea groups is 1. The molecule has 1 N–H and O–H groups in total. The molecular weight excluding hydrogens is 452 g/mol. The molecule has 4 amide bonds. The fourth-order valence-electron chi connectivity index (χ4n) is 5.19. The molecule has 0 saturated carbocycles. The van der Waals surface area contributed by atoms with Gasteiger partial charge in [0.1, 0.15) is 11.2 Å². The van der Waals surface area contributed by atoms with Crippen molar-refractivity contribution < 1.29 is 14.4 Å². The van der Waals surface area contributed by atoms with Crippen molar-refractivity contribution in [1.82, 2.24) is 30.2 Å². The molecule has 9 nitrogen and oxygen atoms in total. The van der Waals surface area contributed by atoms with Crippen molar-refractivity contribution in [2.45, 2.75) is 38.3 Å². The summed E-state index contributed by atoms with van der Waals surface area (Å²) in [6.45, 7) is 3.37. The average molecular weight is 477 g/mol. The Hall–Kier alpha value is -3.37. The first kappa shape index (κ1) is 21.2. The van der Waals surface area contributed by atoms with E-state index in [-0.39, 0.29) is 24.8 Å². The van der Waals surface area contributed by atoms with Crippen LogP contribution in [0.15, 0.2) is 36.0 Å². The van der Waals surface area contributed by atoms with Gasteiger partial charge in [-0.25, -0.2) is 24.8 Å². The standard InChI is InChI=1S/C24H24N6O3S/c31-20-5-9-29(24(33)27-20)30-13-17-11-15(1-2-18(17)23(30)32)12-28-7-3-16(4-8-28)21-19-6-10-34-22(19)26-14-25-21/h1-2,6,10-11,14,16H,3-5,7-9,12-13H2,(H,27,31,33). The van der Waals surface area contributed by atoms with Gasteiger partial charge in [-0.1, -0.05) is 12.1 Å². The summed E-state index contributed by atoms with van der Waals surface area (Å²) in [5.74, 6) is -0.0579. The molecule has 0 unspecified atom stereocenters. The second kappa shape index (κ2) is 8.44. The normalized spacial score (nSPS) is 19.7. The van der Waals surface area contributed by atoms with Gasteiger partial charge in [0.25, 0.3) is 5.91 Å². The summed E-state index contributed by atoms with van der Waals surface area (Å²) in [6, 6.07) is 7.53. The quantitative estimate of drug-likeness (QED) is 0.622. The predicted molar refractivity (Wildman–Crippen MR) is 126 cm³/mol. The zero-order chi connectivity index (χ0) is 23.2. The van der Waals surface area contributed by atoms with Crippen molar-refractivity contribution in [2.75, 3.05) is 19.6 Å². The summed E-state index contributed by atoms with van der Waals surface area (Å²) in [5, 5.41) is 8.32. The van der Waals surface area contributed by atoms with Crippen molar-refractivity contribution >= 4 is 39.4 Å². The molecule has 0 atom stereocenters. The van der Waals surface area contributed by atoms with E-state index < -0.39 is 6.03 Å². The Bertz CT molecular complexity index is 1300. The first-order chi connectivity index (χ1) is 16.6. The van der Waals surface area contributed by atoms with E-state index in [9.17, 15) is 14.4 Å². The van der Waals surface area contributed by atoms with Gasteiger partial charge in [-0.3, -0.25) is 19.8 Å². The summed E-state index contributed by atoms with van der Waals surface area (Å²) in [4.78, 5) is 49.0. The maximum Gasteiger partial charge on any atom is 0.342 e. The van der Waals surface area contributed by atoms with Gasteiger partial charge < -0.3 is 0 Å². The number of carbonyl (C=O) groups is 3. The predicted octanol–water partition coefficient (Wildman–Crippen LogP) is 2.88. The van der Waals surface area contributed by atoms with Crippen LogP contribution in [-0.4, -0.2) is 62.4 Å². The highest BCUT2D eigenvalue weighted by Gasteiger charge is 2.37. The van der Waals surface area contributed by atoms with E-state index in [0.717, 1.165) is 48.4 Å². The number of hydrogen-bond donors (Lipinski definition) is 1. The highest BCUT2D eigenvalue weighted by Crippen LogP contribution is 2.33. The van der Waals surface area contributed by atoms with Crippen LogP contribution < -0.4 is 5.32 Å². The molecule has 3 aromatic rings. The number of hydrazine groups is 1. The lowest BCUT2D eigenvalue weighted by Crippen LogP contribution is -2.56. The highest BCUT2D eigenvalue weighted by atomic mass is 32.1. The fraction of sp³-hybridized carbons (Fsp3) is 0.375. The van der Waals surface area contributed by atoms with E-state index in [1.54, 1.807) is 17.7 Å². The van der Waals surface area contributed by atoms with E-state index in [1.807, 2.05) is 12.1 Å². The van der Waals surface area contributed by atoms with Gasteiger partial charge >= 0.3 is 6.03 Å². The van der Waals surface area contributed by atoms with E-state index in [1.165, 1.54) is 21.1 Å². The number of nitrogens with one attached hydrogen (secondary N) is 1. The minimum Gasteiger partial charge on any atom is -0.299 e. The van der Waals surface area contributed by atoms with Crippen LogP contribution in [0, 0.1) is 0 Å². The van der Waals surface area contributed by atoms with Gasteiger partial charge in [0.2, 0.25) is 5.91 Å². The number of thiophene rings is 1. The Morgan fingerprint density at radius 3 is 2.71 bits per heavy atom. The van der Waals surface area contributed by atoms with Crippen molar-refractivity contribution in [2.24, 2.45) is 0 Å². The zero-order valence-corrected chi connectivity index (χ0v) is 19.4. The van der Waals surface area contributed by atoms with Gasteiger partial charge in [0.05, 0.1) is 18.8 Å². The maximum absolute atomic E-state index is 12.9. The number of aromatic nitrogens is 2. The van der Waals surface area contributed by atoms with E-state index in [2.05, 4.69) is 37.7 Å². The van der Waals surface area contributed by atoms with Crippen molar-refractivity contribution in [1.29, 1.82) is 0 Å². The number of imide groups is 1. The maximum atomic E-state index is 12.9. The Morgan fingerprint density at radius 2 is 1.88 bits per heavy atom. The molecule has 1 aromatic carbocycles. The third kappa shape index (κ3) is 3.72.